The highest BCUT2D eigenvalue weighted by Crippen LogP contribution is 2.46. The van der Waals surface area contributed by atoms with Gasteiger partial charge in [0.15, 0.2) is 0 Å². The first kappa shape index (κ1) is 23.9. The van der Waals surface area contributed by atoms with Crippen molar-refractivity contribution in [1.29, 1.82) is 0 Å². The van der Waals surface area contributed by atoms with Gasteiger partial charge >= 0.3 is 5.97 Å². The summed E-state index contributed by atoms with van der Waals surface area (Å²) in [6.07, 6.45) is 1.80. The molecule has 0 spiro atoms. The second-order valence-corrected chi connectivity index (χ2v) is 9.96. The fourth-order valence-electron chi connectivity index (χ4n) is 4.29. The highest BCUT2D eigenvalue weighted by molar-refractivity contribution is 7.89. The minimum atomic E-state index is -4.15. The number of ether oxygens (including phenoxy) is 1. The van der Waals surface area contributed by atoms with Gasteiger partial charge in [0, 0.05) is 5.56 Å². The number of carbonyl (C=O) groups is 1. The second kappa shape index (κ2) is 9.91. The Balaban J connectivity index is 1.97. The maximum Gasteiger partial charge on any atom is 0.335 e. The molecule has 0 N–H and O–H groups in total. The monoisotopic (exact) mass is 479 g/mol. The molecular weight excluding hydrogens is 453 g/mol. The SMILES string of the molecule is CCOC(=O)C1=CC[C@@H](c2ccccc2F)N(S(=O)(=O)c2ccc(C)cc2)[C@H]1c1ccccc1. The van der Waals surface area contributed by atoms with E-state index in [0.717, 1.165) is 5.56 Å². The Labute approximate surface area is 199 Å². The van der Waals surface area contributed by atoms with Crippen molar-refractivity contribution in [3.8, 4) is 0 Å². The number of esters is 1. The number of nitrogens with zero attached hydrogens (tertiary/aromatic N) is 1. The number of carbonyl (C=O) groups excluding carboxylic acids is 1. The van der Waals surface area contributed by atoms with Crippen LogP contribution in [-0.2, 0) is 19.6 Å². The van der Waals surface area contributed by atoms with Gasteiger partial charge in [-0.3, -0.25) is 0 Å². The van der Waals surface area contributed by atoms with E-state index >= 15 is 0 Å². The van der Waals surface area contributed by atoms with Gasteiger partial charge in [0.2, 0.25) is 10.0 Å². The van der Waals surface area contributed by atoms with Crippen molar-refractivity contribution >= 4 is 16.0 Å². The maximum absolute atomic E-state index is 15.0. The van der Waals surface area contributed by atoms with E-state index in [0.29, 0.717) is 5.56 Å². The fourth-order valence-corrected chi connectivity index (χ4v) is 6.06. The maximum atomic E-state index is 15.0. The largest absolute Gasteiger partial charge is 0.463 e. The molecule has 5 nitrogen and oxygen atoms in total. The van der Waals surface area contributed by atoms with Gasteiger partial charge in [0.05, 0.1) is 29.2 Å². The summed E-state index contributed by atoms with van der Waals surface area (Å²) < 4.78 is 49.8. The molecule has 1 aliphatic heterocycles. The first-order valence-electron chi connectivity index (χ1n) is 11.1. The van der Waals surface area contributed by atoms with Crippen molar-refractivity contribution in [2.75, 3.05) is 6.61 Å². The molecule has 0 bridgehead atoms. The Morgan fingerprint density at radius 2 is 1.65 bits per heavy atom. The van der Waals surface area contributed by atoms with E-state index in [1.54, 1.807) is 67.6 Å². The van der Waals surface area contributed by atoms with Crippen molar-refractivity contribution in [1.82, 2.24) is 4.31 Å². The summed E-state index contributed by atoms with van der Waals surface area (Å²) >= 11 is 0. The zero-order valence-corrected chi connectivity index (χ0v) is 19.8. The molecule has 2 atom stereocenters. The average Bonchev–Trinajstić information content (AvgIpc) is 2.84. The number of benzene rings is 3. The average molecular weight is 480 g/mol. The van der Waals surface area contributed by atoms with Crippen molar-refractivity contribution in [2.45, 2.75) is 37.2 Å². The number of hydrogen-bond donors (Lipinski definition) is 0. The van der Waals surface area contributed by atoms with Crippen LogP contribution < -0.4 is 0 Å². The standard InChI is InChI=1S/C27H26FNO4S/c1-3-33-27(30)23-17-18-25(22-11-7-8-12-24(22)28)29(26(23)20-9-5-4-6-10-20)34(31,32)21-15-13-19(2)14-16-21/h4-17,25-26H,3,18H2,1-2H3/t25-,26-/m0/s1. The van der Waals surface area contributed by atoms with E-state index in [4.69, 9.17) is 4.74 Å². The lowest BCUT2D eigenvalue weighted by Gasteiger charge is -2.41. The minimum absolute atomic E-state index is 0.0745. The molecule has 0 unspecified atom stereocenters. The normalized spacial score (nSPS) is 18.9. The van der Waals surface area contributed by atoms with Crippen LogP contribution in [0.25, 0.3) is 0 Å². The minimum Gasteiger partial charge on any atom is -0.463 e. The summed E-state index contributed by atoms with van der Waals surface area (Å²) in [5.41, 5.74) is 1.98. The lowest BCUT2D eigenvalue weighted by Crippen LogP contribution is -2.43. The Morgan fingerprint density at radius 3 is 2.29 bits per heavy atom. The lowest BCUT2D eigenvalue weighted by molar-refractivity contribution is -0.139. The summed E-state index contributed by atoms with van der Waals surface area (Å²) in [6, 6.07) is 19.7. The predicted octanol–water partition coefficient (Wildman–Crippen LogP) is 5.50. The number of hydrogen-bond acceptors (Lipinski definition) is 4. The molecule has 176 valence electrons. The highest BCUT2D eigenvalue weighted by Gasteiger charge is 2.45. The molecule has 1 aliphatic rings. The number of rotatable bonds is 6. The van der Waals surface area contributed by atoms with Crippen LogP contribution in [0.1, 0.15) is 42.1 Å². The van der Waals surface area contributed by atoms with Gasteiger partial charge in [-0.1, -0.05) is 72.3 Å². The molecule has 3 aromatic carbocycles. The number of halogens is 1. The molecule has 1 heterocycles. The van der Waals surface area contributed by atoms with Gasteiger partial charge in [-0.25, -0.2) is 17.6 Å². The summed E-state index contributed by atoms with van der Waals surface area (Å²) in [5, 5.41) is 0. The first-order chi connectivity index (χ1) is 16.3. The first-order valence-corrected chi connectivity index (χ1v) is 12.6. The van der Waals surface area contributed by atoms with Gasteiger partial charge in [-0.05, 0) is 44.0 Å². The summed E-state index contributed by atoms with van der Waals surface area (Å²) in [7, 11) is -4.15. The van der Waals surface area contributed by atoms with Crippen molar-refractivity contribution in [2.24, 2.45) is 0 Å². The second-order valence-electron chi connectivity index (χ2n) is 8.11. The molecule has 0 saturated heterocycles. The Bertz CT molecular complexity index is 1300. The summed E-state index contributed by atoms with van der Waals surface area (Å²) in [5.74, 6) is -1.09. The van der Waals surface area contributed by atoms with Crippen LogP contribution >= 0.6 is 0 Å². The van der Waals surface area contributed by atoms with Crippen LogP contribution in [0.2, 0.25) is 0 Å². The molecule has 7 heteroatoms. The van der Waals surface area contributed by atoms with E-state index in [-0.39, 0.29) is 29.1 Å². The number of sulfonamides is 1. The van der Waals surface area contributed by atoms with Crippen LogP contribution in [0, 0.1) is 12.7 Å². The predicted molar refractivity (Wildman–Crippen MR) is 128 cm³/mol. The van der Waals surface area contributed by atoms with Crippen LogP contribution in [0.4, 0.5) is 4.39 Å². The Morgan fingerprint density at radius 1 is 1.00 bits per heavy atom. The smallest absolute Gasteiger partial charge is 0.335 e. The summed E-state index contributed by atoms with van der Waals surface area (Å²) in [4.78, 5) is 13.0. The molecule has 3 aromatic rings. The van der Waals surface area contributed by atoms with E-state index in [9.17, 15) is 17.6 Å². The zero-order valence-electron chi connectivity index (χ0n) is 19.0. The lowest BCUT2D eigenvalue weighted by atomic mass is 9.89. The fraction of sp³-hybridized carbons (Fsp3) is 0.222. The number of aryl methyl sites for hydroxylation is 1. The van der Waals surface area contributed by atoms with Crippen LogP contribution in [-0.4, -0.2) is 25.3 Å². The highest BCUT2D eigenvalue weighted by atomic mass is 32.2. The quantitative estimate of drug-likeness (QED) is 0.438. The molecular formula is C27H26FNO4S. The van der Waals surface area contributed by atoms with Gasteiger partial charge < -0.3 is 4.74 Å². The third-order valence-corrected chi connectivity index (χ3v) is 7.79. The van der Waals surface area contributed by atoms with Crippen molar-refractivity contribution in [3.05, 3.63) is 113 Å². The van der Waals surface area contributed by atoms with Crippen molar-refractivity contribution in [3.63, 3.8) is 0 Å². The van der Waals surface area contributed by atoms with E-state index in [1.165, 1.54) is 22.5 Å². The van der Waals surface area contributed by atoms with Crippen molar-refractivity contribution < 1.29 is 22.3 Å². The Hall–Kier alpha value is -3.29. The van der Waals surface area contributed by atoms with E-state index in [2.05, 4.69) is 0 Å². The molecule has 0 fully saturated rings. The molecule has 34 heavy (non-hydrogen) atoms. The molecule has 0 aromatic heterocycles. The van der Waals surface area contributed by atoms with Gasteiger partial charge in [-0.2, -0.15) is 4.31 Å². The molecule has 0 saturated carbocycles. The van der Waals surface area contributed by atoms with Crippen LogP contribution in [0.5, 0.6) is 0 Å². The van der Waals surface area contributed by atoms with Gasteiger partial charge in [0.1, 0.15) is 5.82 Å². The van der Waals surface area contributed by atoms with Crippen LogP contribution in [0.15, 0.2) is 95.4 Å². The molecule has 0 radical (unpaired) electrons. The topological polar surface area (TPSA) is 63.7 Å². The molecule has 4 rings (SSSR count). The van der Waals surface area contributed by atoms with Crippen LogP contribution in [0.3, 0.4) is 0 Å². The third-order valence-electron chi connectivity index (χ3n) is 5.90. The Kier molecular flexibility index (Phi) is 6.95. The van der Waals surface area contributed by atoms with E-state index in [1.807, 2.05) is 13.0 Å². The van der Waals surface area contributed by atoms with E-state index < -0.39 is 33.9 Å². The van der Waals surface area contributed by atoms with Gasteiger partial charge in [-0.15, -0.1) is 0 Å². The van der Waals surface area contributed by atoms with Gasteiger partial charge in [0.25, 0.3) is 0 Å². The zero-order chi connectivity index (χ0) is 24.3. The third kappa shape index (κ3) is 4.54. The molecule has 0 aliphatic carbocycles. The molecule has 0 amide bonds. The summed E-state index contributed by atoms with van der Waals surface area (Å²) in [6.45, 7) is 3.72.